The predicted octanol–water partition coefficient (Wildman–Crippen LogP) is 4.29. The van der Waals surface area contributed by atoms with Gasteiger partial charge in [-0.3, -0.25) is 4.79 Å². The van der Waals surface area contributed by atoms with Crippen LogP contribution in [0.3, 0.4) is 0 Å². The highest BCUT2D eigenvalue weighted by Gasteiger charge is 2.20. The number of ether oxygens (including phenoxy) is 2. The van der Waals surface area contributed by atoms with Crippen LogP contribution in [0.4, 0.5) is 0 Å². The lowest BCUT2D eigenvalue weighted by atomic mass is 10.0. The molecular weight excluding hydrogens is 320 g/mol. The van der Waals surface area contributed by atoms with E-state index < -0.39 is 17.3 Å². The molecule has 0 aliphatic carbocycles. The van der Waals surface area contributed by atoms with Crippen molar-refractivity contribution < 1.29 is 24.5 Å². The second-order valence-electron chi connectivity index (χ2n) is 6.72. The third kappa shape index (κ3) is 4.66. The van der Waals surface area contributed by atoms with Crippen LogP contribution >= 0.6 is 0 Å². The Labute approximate surface area is 147 Å². The minimum Gasteiger partial charge on any atom is -0.504 e. The van der Waals surface area contributed by atoms with Gasteiger partial charge in [0.25, 0.3) is 0 Å². The normalized spacial score (nSPS) is 11.2. The van der Waals surface area contributed by atoms with Gasteiger partial charge in [0.05, 0.1) is 12.2 Å². The number of rotatable bonds is 6. The number of carbonyl (C=O) groups is 1. The molecule has 0 atom stereocenters. The van der Waals surface area contributed by atoms with Gasteiger partial charge in [-0.2, -0.15) is 0 Å². The summed E-state index contributed by atoms with van der Waals surface area (Å²) in [5.74, 6) is -0.484. The standard InChI is InChI=1S/C20H24O5/c1-5-12-24-16-11-10-15(18(22)19(16)23)17(21)13-6-8-14(9-7-13)25-20(2,3)4/h6-11,22-23H,5,12H2,1-4H3. The van der Waals surface area contributed by atoms with E-state index in [-0.39, 0.29) is 16.9 Å². The van der Waals surface area contributed by atoms with E-state index in [4.69, 9.17) is 9.47 Å². The molecule has 2 rings (SSSR count). The lowest BCUT2D eigenvalue weighted by molar-refractivity contribution is 0.103. The lowest BCUT2D eigenvalue weighted by Gasteiger charge is -2.21. The van der Waals surface area contributed by atoms with Gasteiger partial charge < -0.3 is 19.7 Å². The average molecular weight is 344 g/mol. The summed E-state index contributed by atoms with van der Waals surface area (Å²) in [4.78, 5) is 12.6. The molecule has 0 saturated carbocycles. The zero-order valence-electron chi connectivity index (χ0n) is 15.0. The fourth-order valence-electron chi connectivity index (χ4n) is 2.26. The van der Waals surface area contributed by atoms with E-state index in [9.17, 15) is 15.0 Å². The minimum atomic E-state index is -0.478. The van der Waals surface area contributed by atoms with Gasteiger partial charge in [0, 0.05) is 5.56 Å². The predicted molar refractivity (Wildman–Crippen MR) is 95.8 cm³/mol. The van der Waals surface area contributed by atoms with Crippen molar-refractivity contribution in [2.75, 3.05) is 6.61 Å². The zero-order chi connectivity index (χ0) is 18.6. The summed E-state index contributed by atoms with van der Waals surface area (Å²) >= 11 is 0. The van der Waals surface area contributed by atoms with Gasteiger partial charge in [-0.05, 0) is 63.6 Å². The van der Waals surface area contributed by atoms with Crippen molar-refractivity contribution in [3.8, 4) is 23.0 Å². The highest BCUT2D eigenvalue weighted by atomic mass is 16.5. The molecule has 0 unspecified atom stereocenters. The van der Waals surface area contributed by atoms with Gasteiger partial charge in [0.2, 0.25) is 5.75 Å². The van der Waals surface area contributed by atoms with Crippen molar-refractivity contribution in [1.82, 2.24) is 0 Å². The van der Waals surface area contributed by atoms with E-state index in [1.165, 1.54) is 12.1 Å². The first-order chi connectivity index (χ1) is 11.7. The molecule has 0 aromatic heterocycles. The number of phenolic OH excluding ortho intramolecular Hbond substituents is 2. The third-order valence-electron chi connectivity index (χ3n) is 3.36. The van der Waals surface area contributed by atoms with Crippen molar-refractivity contribution in [2.24, 2.45) is 0 Å². The summed E-state index contributed by atoms with van der Waals surface area (Å²) in [7, 11) is 0. The first-order valence-corrected chi connectivity index (χ1v) is 8.24. The Morgan fingerprint density at radius 3 is 2.20 bits per heavy atom. The van der Waals surface area contributed by atoms with E-state index in [1.807, 2.05) is 27.7 Å². The highest BCUT2D eigenvalue weighted by molar-refractivity contribution is 6.11. The van der Waals surface area contributed by atoms with E-state index >= 15 is 0 Å². The van der Waals surface area contributed by atoms with Gasteiger partial charge in [-0.25, -0.2) is 0 Å². The Hall–Kier alpha value is -2.69. The molecule has 0 amide bonds. The molecule has 2 aromatic carbocycles. The summed E-state index contributed by atoms with van der Waals surface area (Å²) in [6.07, 6.45) is 0.768. The van der Waals surface area contributed by atoms with Crippen LogP contribution in [-0.4, -0.2) is 28.2 Å². The number of aromatic hydroxyl groups is 2. The average Bonchev–Trinajstić information content (AvgIpc) is 2.55. The molecule has 0 fully saturated rings. The maximum Gasteiger partial charge on any atom is 0.201 e. The molecule has 0 saturated heterocycles. The van der Waals surface area contributed by atoms with Crippen LogP contribution in [0.2, 0.25) is 0 Å². The van der Waals surface area contributed by atoms with Crippen LogP contribution < -0.4 is 9.47 Å². The van der Waals surface area contributed by atoms with Crippen molar-refractivity contribution in [1.29, 1.82) is 0 Å². The first-order valence-electron chi connectivity index (χ1n) is 8.24. The molecule has 5 heteroatoms. The Balaban J connectivity index is 2.24. The van der Waals surface area contributed by atoms with Crippen LogP contribution in [0, 0.1) is 0 Å². The van der Waals surface area contributed by atoms with E-state index in [0.29, 0.717) is 17.9 Å². The molecule has 0 heterocycles. The Morgan fingerprint density at radius 1 is 1.00 bits per heavy atom. The topological polar surface area (TPSA) is 76.0 Å². The molecule has 0 spiro atoms. The van der Waals surface area contributed by atoms with Crippen LogP contribution in [0.25, 0.3) is 0 Å². The summed E-state index contributed by atoms with van der Waals surface area (Å²) in [6, 6.07) is 9.59. The second-order valence-corrected chi connectivity index (χ2v) is 6.72. The first kappa shape index (κ1) is 18.6. The number of carbonyl (C=O) groups excluding carboxylic acids is 1. The summed E-state index contributed by atoms with van der Waals surface area (Å²) in [5, 5.41) is 20.2. The smallest absolute Gasteiger partial charge is 0.201 e. The monoisotopic (exact) mass is 344 g/mol. The molecule has 2 N–H and O–H groups in total. The molecule has 134 valence electrons. The van der Waals surface area contributed by atoms with E-state index in [0.717, 1.165) is 6.42 Å². The van der Waals surface area contributed by atoms with Gasteiger partial charge in [0.1, 0.15) is 11.4 Å². The van der Waals surface area contributed by atoms with Crippen molar-refractivity contribution >= 4 is 5.78 Å². The molecule has 5 nitrogen and oxygen atoms in total. The summed E-state index contributed by atoms with van der Waals surface area (Å²) < 4.78 is 11.1. The molecule has 2 aromatic rings. The van der Waals surface area contributed by atoms with Crippen molar-refractivity contribution in [2.45, 2.75) is 39.7 Å². The van der Waals surface area contributed by atoms with Crippen molar-refractivity contribution in [3.63, 3.8) is 0 Å². The number of hydrogen-bond acceptors (Lipinski definition) is 5. The molecule has 0 aliphatic heterocycles. The molecule has 0 radical (unpaired) electrons. The quantitative estimate of drug-likeness (QED) is 0.604. The summed E-state index contributed by atoms with van der Waals surface area (Å²) in [5.41, 5.74) is 0.0770. The molecule has 0 bridgehead atoms. The number of benzene rings is 2. The van der Waals surface area contributed by atoms with Gasteiger partial charge in [-0.15, -0.1) is 0 Å². The number of phenols is 2. The molecular formula is C20H24O5. The largest absolute Gasteiger partial charge is 0.504 e. The fourth-order valence-corrected chi connectivity index (χ4v) is 2.26. The maximum atomic E-state index is 12.6. The Kier molecular flexibility index (Phi) is 5.57. The molecule has 25 heavy (non-hydrogen) atoms. The van der Waals surface area contributed by atoms with Gasteiger partial charge >= 0.3 is 0 Å². The second kappa shape index (κ2) is 7.47. The number of ketones is 1. The fraction of sp³-hybridized carbons (Fsp3) is 0.350. The SMILES string of the molecule is CCCOc1ccc(C(=O)c2ccc(OC(C)(C)C)cc2)c(O)c1O. The van der Waals surface area contributed by atoms with Gasteiger partial charge in [-0.1, -0.05) is 6.92 Å². The molecule has 0 aliphatic rings. The van der Waals surface area contributed by atoms with Gasteiger partial charge in [0.15, 0.2) is 17.3 Å². The Bertz CT molecular complexity index is 742. The maximum absolute atomic E-state index is 12.6. The third-order valence-corrected chi connectivity index (χ3v) is 3.36. The van der Waals surface area contributed by atoms with Crippen LogP contribution in [0.1, 0.15) is 50.0 Å². The van der Waals surface area contributed by atoms with E-state index in [2.05, 4.69) is 0 Å². The van der Waals surface area contributed by atoms with Crippen LogP contribution in [0.5, 0.6) is 23.0 Å². The minimum absolute atomic E-state index is 0.0193. The van der Waals surface area contributed by atoms with Crippen LogP contribution in [-0.2, 0) is 0 Å². The number of hydrogen-bond donors (Lipinski definition) is 2. The van der Waals surface area contributed by atoms with Crippen molar-refractivity contribution in [3.05, 3.63) is 47.5 Å². The lowest BCUT2D eigenvalue weighted by Crippen LogP contribution is -2.22. The van der Waals surface area contributed by atoms with E-state index in [1.54, 1.807) is 24.3 Å². The summed E-state index contributed by atoms with van der Waals surface area (Å²) in [6.45, 7) is 8.16. The highest BCUT2D eigenvalue weighted by Crippen LogP contribution is 2.39. The zero-order valence-corrected chi connectivity index (χ0v) is 15.0. The Morgan fingerprint density at radius 2 is 1.64 bits per heavy atom. The van der Waals surface area contributed by atoms with Crippen LogP contribution in [0.15, 0.2) is 36.4 Å².